The van der Waals surface area contributed by atoms with Gasteiger partial charge >= 0.3 is 0 Å². The summed E-state index contributed by atoms with van der Waals surface area (Å²) in [5, 5.41) is 15.6. The predicted octanol–water partition coefficient (Wildman–Crippen LogP) is 3.40. The van der Waals surface area contributed by atoms with E-state index < -0.39 is 6.10 Å². The molecule has 0 aliphatic carbocycles. The lowest BCUT2D eigenvalue weighted by Gasteiger charge is -2.15. The van der Waals surface area contributed by atoms with Crippen LogP contribution in [-0.4, -0.2) is 36.1 Å². The van der Waals surface area contributed by atoms with Gasteiger partial charge in [0.15, 0.2) is 6.10 Å². The molecule has 0 aromatic heterocycles. The average molecular weight is 411 g/mol. The fourth-order valence-corrected chi connectivity index (χ4v) is 2.49. The molecule has 144 valence electrons. The molecule has 0 saturated carbocycles. The van der Waals surface area contributed by atoms with Gasteiger partial charge in [0.05, 0.1) is 10.0 Å². The maximum absolute atomic E-state index is 12.0. The molecule has 2 amide bonds. The number of hydrogen-bond acceptors (Lipinski definition) is 4. The summed E-state index contributed by atoms with van der Waals surface area (Å²) in [4.78, 5) is 24.0. The van der Waals surface area contributed by atoms with E-state index in [2.05, 4.69) is 10.6 Å². The number of hydrogen-bond donors (Lipinski definition) is 3. The van der Waals surface area contributed by atoms with Gasteiger partial charge in [0, 0.05) is 24.7 Å². The number of carbonyl (C=O) groups is 2. The number of phenolic OH excluding ortho intramolecular Hbond substituents is 1. The van der Waals surface area contributed by atoms with Gasteiger partial charge in [-0.1, -0.05) is 29.3 Å². The molecule has 1 atom stereocenters. The topological polar surface area (TPSA) is 87.7 Å². The third kappa shape index (κ3) is 6.66. The molecule has 27 heavy (non-hydrogen) atoms. The van der Waals surface area contributed by atoms with E-state index in [0.29, 0.717) is 40.9 Å². The lowest BCUT2D eigenvalue weighted by molar-refractivity contribution is -0.127. The van der Waals surface area contributed by atoms with Gasteiger partial charge in [0.2, 0.25) is 0 Å². The van der Waals surface area contributed by atoms with Gasteiger partial charge in [-0.3, -0.25) is 9.59 Å². The summed E-state index contributed by atoms with van der Waals surface area (Å²) < 4.78 is 5.53. The first-order valence-corrected chi connectivity index (χ1v) is 9.09. The second kappa shape index (κ2) is 10.0. The molecule has 6 nitrogen and oxygen atoms in total. The Labute approximate surface area is 167 Å². The first kappa shape index (κ1) is 20.9. The van der Waals surface area contributed by atoms with Crippen LogP contribution in [-0.2, 0) is 4.79 Å². The zero-order valence-corrected chi connectivity index (χ0v) is 16.2. The van der Waals surface area contributed by atoms with E-state index in [4.69, 9.17) is 27.9 Å². The van der Waals surface area contributed by atoms with Gasteiger partial charge in [-0.25, -0.2) is 0 Å². The maximum atomic E-state index is 12.0. The zero-order valence-electron chi connectivity index (χ0n) is 14.7. The van der Waals surface area contributed by atoms with E-state index in [1.165, 1.54) is 12.1 Å². The number of nitrogens with one attached hydrogen (secondary N) is 2. The van der Waals surface area contributed by atoms with Crippen molar-refractivity contribution in [2.45, 2.75) is 19.4 Å². The summed E-state index contributed by atoms with van der Waals surface area (Å²) in [5.41, 5.74) is 0.377. The molecule has 0 saturated heterocycles. The summed E-state index contributed by atoms with van der Waals surface area (Å²) in [7, 11) is 0. The van der Waals surface area contributed by atoms with Gasteiger partial charge in [0.25, 0.3) is 11.8 Å². The highest BCUT2D eigenvalue weighted by Gasteiger charge is 2.14. The maximum Gasteiger partial charge on any atom is 0.260 e. The lowest BCUT2D eigenvalue weighted by atomic mass is 10.2. The Morgan fingerprint density at radius 1 is 1.07 bits per heavy atom. The molecule has 2 aromatic rings. The Balaban J connectivity index is 1.67. The standard InChI is InChI=1S/C19H20Cl2N2O4/c1-12(27-15-6-7-16(20)17(21)11-15)18(25)22-8-3-9-23-19(26)13-4-2-5-14(24)10-13/h2,4-7,10-12,24H,3,8-9H2,1H3,(H,22,25)(H,23,26). The monoisotopic (exact) mass is 410 g/mol. The largest absolute Gasteiger partial charge is 0.508 e. The van der Waals surface area contributed by atoms with Crippen LogP contribution in [0.3, 0.4) is 0 Å². The number of halogens is 2. The Kier molecular flexibility index (Phi) is 7.76. The molecule has 0 bridgehead atoms. The number of carbonyl (C=O) groups excluding carboxylic acids is 2. The minimum absolute atomic E-state index is 0.0332. The molecular formula is C19H20Cl2N2O4. The van der Waals surface area contributed by atoms with Crippen LogP contribution < -0.4 is 15.4 Å². The highest BCUT2D eigenvalue weighted by atomic mass is 35.5. The molecule has 2 rings (SSSR count). The Hall–Kier alpha value is -2.44. The van der Waals surface area contributed by atoms with Crippen molar-refractivity contribution in [3.05, 3.63) is 58.1 Å². The first-order chi connectivity index (χ1) is 12.9. The molecule has 0 aliphatic heterocycles. The molecule has 1 unspecified atom stereocenters. The quantitative estimate of drug-likeness (QED) is 0.581. The number of benzene rings is 2. The van der Waals surface area contributed by atoms with Crippen molar-refractivity contribution in [1.29, 1.82) is 0 Å². The minimum Gasteiger partial charge on any atom is -0.508 e. The summed E-state index contributed by atoms with van der Waals surface area (Å²) in [6.45, 7) is 2.40. The molecular weight excluding hydrogens is 391 g/mol. The average Bonchev–Trinajstić information content (AvgIpc) is 2.64. The van der Waals surface area contributed by atoms with Crippen LogP contribution in [0.4, 0.5) is 0 Å². The van der Waals surface area contributed by atoms with Crippen molar-refractivity contribution in [2.75, 3.05) is 13.1 Å². The van der Waals surface area contributed by atoms with Crippen LogP contribution in [0, 0.1) is 0 Å². The van der Waals surface area contributed by atoms with Crippen LogP contribution >= 0.6 is 23.2 Å². The molecule has 0 heterocycles. The molecule has 0 aliphatic rings. The Bertz CT molecular complexity index is 814. The zero-order chi connectivity index (χ0) is 19.8. The fourth-order valence-electron chi connectivity index (χ4n) is 2.20. The summed E-state index contributed by atoms with van der Waals surface area (Å²) >= 11 is 11.8. The second-order valence-electron chi connectivity index (χ2n) is 5.79. The van der Waals surface area contributed by atoms with E-state index in [-0.39, 0.29) is 17.6 Å². The van der Waals surface area contributed by atoms with E-state index in [9.17, 15) is 14.7 Å². The molecule has 2 aromatic carbocycles. The Morgan fingerprint density at radius 2 is 1.81 bits per heavy atom. The first-order valence-electron chi connectivity index (χ1n) is 8.33. The van der Waals surface area contributed by atoms with Crippen LogP contribution in [0.5, 0.6) is 11.5 Å². The fraction of sp³-hybridized carbons (Fsp3) is 0.263. The van der Waals surface area contributed by atoms with Crippen LogP contribution in [0.25, 0.3) is 0 Å². The molecule has 3 N–H and O–H groups in total. The summed E-state index contributed by atoms with van der Waals surface area (Å²) in [6, 6.07) is 10.9. The number of amides is 2. The van der Waals surface area contributed by atoms with Crippen molar-refractivity contribution in [1.82, 2.24) is 10.6 Å². The second-order valence-corrected chi connectivity index (χ2v) is 6.60. The van der Waals surface area contributed by atoms with E-state index >= 15 is 0 Å². The third-order valence-corrected chi connectivity index (χ3v) is 4.36. The van der Waals surface area contributed by atoms with Gasteiger partial charge in [-0.05, 0) is 43.7 Å². The van der Waals surface area contributed by atoms with Crippen LogP contribution in [0.15, 0.2) is 42.5 Å². The van der Waals surface area contributed by atoms with Crippen molar-refractivity contribution in [2.24, 2.45) is 0 Å². The van der Waals surface area contributed by atoms with Crippen LogP contribution in [0.1, 0.15) is 23.7 Å². The number of ether oxygens (including phenoxy) is 1. The van der Waals surface area contributed by atoms with E-state index in [1.54, 1.807) is 37.3 Å². The SMILES string of the molecule is CC(Oc1ccc(Cl)c(Cl)c1)C(=O)NCCCNC(=O)c1cccc(O)c1. The van der Waals surface area contributed by atoms with Crippen LogP contribution in [0.2, 0.25) is 10.0 Å². The van der Waals surface area contributed by atoms with Gasteiger partial charge in [0.1, 0.15) is 11.5 Å². The lowest BCUT2D eigenvalue weighted by Crippen LogP contribution is -2.37. The molecule has 8 heteroatoms. The highest BCUT2D eigenvalue weighted by molar-refractivity contribution is 6.42. The third-order valence-electron chi connectivity index (χ3n) is 3.62. The van der Waals surface area contributed by atoms with Crippen molar-refractivity contribution in [3.8, 4) is 11.5 Å². The number of phenols is 1. The normalized spacial score (nSPS) is 11.5. The van der Waals surface area contributed by atoms with Crippen molar-refractivity contribution in [3.63, 3.8) is 0 Å². The predicted molar refractivity (Wildman–Crippen MR) is 105 cm³/mol. The number of aromatic hydroxyl groups is 1. The van der Waals surface area contributed by atoms with Crippen molar-refractivity contribution >= 4 is 35.0 Å². The van der Waals surface area contributed by atoms with Gasteiger partial charge in [-0.2, -0.15) is 0 Å². The highest BCUT2D eigenvalue weighted by Crippen LogP contribution is 2.26. The van der Waals surface area contributed by atoms with Gasteiger partial charge in [-0.15, -0.1) is 0 Å². The smallest absolute Gasteiger partial charge is 0.260 e. The number of rotatable bonds is 8. The molecule has 0 fully saturated rings. The molecule has 0 spiro atoms. The summed E-state index contributed by atoms with van der Waals surface area (Å²) in [5.74, 6) is -0.0785. The van der Waals surface area contributed by atoms with Gasteiger partial charge < -0.3 is 20.5 Å². The van der Waals surface area contributed by atoms with E-state index in [1.807, 2.05) is 0 Å². The Morgan fingerprint density at radius 3 is 2.52 bits per heavy atom. The molecule has 0 radical (unpaired) electrons. The van der Waals surface area contributed by atoms with Crippen molar-refractivity contribution < 1.29 is 19.4 Å². The van der Waals surface area contributed by atoms with E-state index in [0.717, 1.165) is 0 Å². The minimum atomic E-state index is -0.705. The summed E-state index contributed by atoms with van der Waals surface area (Å²) in [6.07, 6.45) is -0.153.